The molecule has 0 radical (unpaired) electrons. The monoisotopic (exact) mass is 300 g/mol. The molecule has 0 saturated carbocycles. The Labute approximate surface area is 121 Å². The minimum Gasteiger partial charge on any atom is -0.396 e. The molecular formula is C14H24N2O3S. The Morgan fingerprint density at radius 3 is 2.65 bits per heavy atom. The van der Waals surface area contributed by atoms with Crippen molar-refractivity contribution in [2.24, 2.45) is 11.1 Å². The van der Waals surface area contributed by atoms with E-state index in [4.69, 9.17) is 10.2 Å². The van der Waals surface area contributed by atoms with Gasteiger partial charge in [-0.1, -0.05) is 25.5 Å². The van der Waals surface area contributed by atoms with Crippen LogP contribution >= 0.6 is 0 Å². The average Bonchev–Trinajstić information content (AvgIpc) is 2.42. The van der Waals surface area contributed by atoms with Crippen molar-refractivity contribution in [2.75, 3.05) is 13.2 Å². The lowest BCUT2D eigenvalue weighted by Gasteiger charge is -2.19. The molecule has 1 aromatic rings. The molecule has 0 amide bonds. The van der Waals surface area contributed by atoms with Gasteiger partial charge in [0.15, 0.2) is 0 Å². The lowest BCUT2D eigenvalue weighted by molar-refractivity contribution is 0.249. The van der Waals surface area contributed by atoms with Crippen LogP contribution in [0.5, 0.6) is 0 Å². The third-order valence-electron chi connectivity index (χ3n) is 3.51. The molecule has 114 valence electrons. The second-order valence-electron chi connectivity index (χ2n) is 5.03. The first kappa shape index (κ1) is 17.1. The van der Waals surface area contributed by atoms with E-state index in [2.05, 4.69) is 12.2 Å². The zero-order chi connectivity index (χ0) is 15.2. The molecule has 5 nitrogen and oxygen atoms in total. The molecule has 2 unspecified atom stereocenters. The predicted octanol–water partition coefficient (Wildman–Crippen LogP) is 1.39. The van der Waals surface area contributed by atoms with Crippen molar-refractivity contribution in [1.82, 2.24) is 5.32 Å². The van der Waals surface area contributed by atoms with Crippen molar-refractivity contribution in [3.63, 3.8) is 0 Å². The van der Waals surface area contributed by atoms with Crippen molar-refractivity contribution in [1.29, 1.82) is 0 Å². The summed E-state index contributed by atoms with van der Waals surface area (Å²) < 4.78 is 22.7. The van der Waals surface area contributed by atoms with E-state index in [0.717, 1.165) is 24.9 Å². The summed E-state index contributed by atoms with van der Waals surface area (Å²) in [6.45, 7) is 5.05. The van der Waals surface area contributed by atoms with Gasteiger partial charge in [-0.2, -0.15) is 0 Å². The van der Waals surface area contributed by atoms with Gasteiger partial charge in [0.2, 0.25) is 10.0 Å². The normalized spacial score (nSPS) is 15.0. The molecule has 0 aliphatic rings. The summed E-state index contributed by atoms with van der Waals surface area (Å²) >= 11 is 0. The quantitative estimate of drug-likeness (QED) is 0.676. The van der Waals surface area contributed by atoms with Crippen LogP contribution in [0.1, 0.15) is 38.3 Å². The molecule has 0 fully saturated rings. The number of sulfonamides is 1. The molecule has 0 bridgehead atoms. The van der Waals surface area contributed by atoms with Gasteiger partial charge in [-0.15, -0.1) is 0 Å². The van der Waals surface area contributed by atoms with Crippen LogP contribution in [0.4, 0.5) is 0 Å². The summed E-state index contributed by atoms with van der Waals surface area (Å²) in [5, 5.41) is 17.5. The highest BCUT2D eigenvalue weighted by atomic mass is 32.2. The van der Waals surface area contributed by atoms with E-state index >= 15 is 0 Å². The lowest BCUT2D eigenvalue weighted by Crippen LogP contribution is -2.26. The molecular weight excluding hydrogens is 276 g/mol. The Morgan fingerprint density at radius 2 is 2.10 bits per heavy atom. The van der Waals surface area contributed by atoms with Gasteiger partial charge in [-0.05, 0) is 43.5 Å². The lowest BCUT2D eigenvalue weighted by atomic mass is 10.0. The number of hydrogen-bond donors (Lipinski definition) is 3. The van der Waals surface area contributed by atoms with Crippen LogP contribution in [0.3, 0.4) is 0 Å². The number of benzene rings is 1. The minimum atomic E-state index is -3.66. The van der Waals surface area contributed by atoms with Gasteiger partial charge in [0.1, 0.15) is 0 Å². The molecule has 0 aliphatic carbocycles. The van der Waals surface area contributed by atoms with E-state index in [-0.39, 0.29) is 17.5 Å². The summed E-state index contributed by atoms with van der Waals surface area (Å²) in [6.07, 6.45) is 1.77. The maximum absolute atomic E-state index is 11.3. The number of nitrogens with one attached hydrogen (secondary N) is 1. The van der Waals surface area contributed by atoms with Crippen molar-refractivity contribution < 1.29 is 13.5 Å². The number of aliphatic hydroxyl groups is 1. The second kappa shape index (κ2) is 7.73. The number of rotatable bonds is 8. The van der Waals surface area contributed by atoms with Crippen LogP contribution in [0.15, 0.2) is 29.2 Å². The summed E-state index contributed by atoms with van der Waals surface area (Å²) in [5.74, 6) is 0.420. The molecule has 6 heteroatoms. The molecule has 4 N–H and O–H groups in total. The molecule has 0 heterocycles. The number of aliphatic hydroxyl groups excluding tert-OH is 1. The Bertz CT molecular complexity index is 517. The number of hydrogen-bond acceptors (Lipinski definition) is 4. The van der Waals surface area contributed by atoms with Crippen LogP contribution < -0.4 is 10.5 Å². The highest BCUT2D eigenvalue weighted by Crippen LogP contribution is 2.17. The molecule has 0 spiro atoms. The van der Waals surface area contributed by atoms with E-state index in [1.165, 1.54) is 6.07 Å². The smallest absolute Gasteiger partial charge is 0.238 e. The van der Waals surface area contributed by atoms with Gasteiger partial charge in [0, 0.05) is 12.6 Å². The Morgan fingerprint density at radius 1 is 1.40 bits per heavy atom. The van der Waals surface area contributed by atoms with Crippen LogP contribution in [0, 0.1) is 5.92 Å². The van der Waals surface area contributed by atoms with Crippen molar-refractivity contribution in [3.05, 3.63) is 29.8 Å². The standard InChI is InChI=1S/C14H24N2O3S/c1-3-12(7-8-17)10-16-11(2)13-5-4-6-14(9-13)20(15,18)19/h4-6,9,11-12,16-17H,3,7-8,10H2,1-2H3,(H2,15,18,19). The van der Waals surface area contributed by atoms with Gasteiger partial charge in [0.25, 0.3) is 0 Å². The SMILES string of the molecule is CCC(CCO)CNC(C)c1cccc(S(N)(=O)=O)c1. The first-order chi connectivity index (χ1) is 9.38. The van der Waals surface area contributed by atoms with E-state index < -0.39 is 10.0 Å². The van der Waals surface area contributed by atoms with Gasteiger partial charge in [-0.25, -0.2) is 13.6 Å². The molecule has 0 aliphatic heterocycles. The first-order valence-corrected chi connectivity index (χ1v) is 8.40. The first-order valence-electron chi connectivity index (χ1n) is 6.85. The van der Waals surface area contributed by atoms with E-state index in [9.17, 15) is 8.42 Å². The van der Waals surface area contributed by atoms with Crippen LogP contribution in [-0.4, -0.2) is 26.7 Å². The van der Waals surface area contributed by atoms with Gasteiger partial charge < -0.3 is 10.4 Å². The second-order valence-corrected chi connectivity index (χ2v) is 6.60. The fraction of sp³-hybridized carbons (Fsp3) is 0.571. The highest BCUT2D eigenvalue weighted by Gasteiger charge is 2.13. The number of nitrogens with two attached hydrogens (primary N) is 1. The van der Waals surface area contributed by atoms with Crippen LogP contribution in [0.2, 0.25) is 0 Å². The number of primary sulfonamides is 1. The summed E-state index contributed by atoms with van der Waals surface area (Å²) in [4.78, 5) is 0.131. The molecule has 0 aromatic heterocycles. The van der Waals surface area contributed by atoms with Crippen LogP contribution in [0.25, 0.3) is 0 Å². The maximum Gasteiger partial charge on any atom is 0.238 e. The zero-order valence-corrected chi connectivity index (χ0v) is 12.9. The van der Waals surface area contributed by atoms with Gasteiger partial charge in [0.05, 0.1) is 4.90 Å². The Hall–Kier alpha value is -0.950. The minimum absolute atomic E-state index is 0.0319. The largest absolute Gasteiger partial charge is 0.396 e. The van der Waals surface area contributed by atoms with Gasteiger partial charge >= 0.3 is 0 Å². The Balaban J connectivity index is 2.70. The summed E-state index contributed by atoms with van der Waals surface area (Å²) in [6, 6.07) is 6.69. The molecule has 0 saturated heterocycles. The van der Waals surface area contributed by atoms with E-state index in [1.807, 2.05) is 13.0 Å². The predicted molar refractivity (Wildman–Crippen MR) is 79.7 cm³/mol. The van der Waals surface area contributed by atoms with Crippen LogP contribution in [-0.2, 0) is 10.0 Å². The molecule has 1 aromatic carbocycles. The topological polar surface area (TPSA) is 92.4 Å². The van der Waals surface area contributed by atoms with Gasteiger partial charge in [-0.3, -0.25) is 0 Å². The fourth-order valence-corrected chi connectivity index (χ4v) is 2.62. The zero-order valence-electron chi connectivity index (χ0n) is 12.0. The molecule has 20 heavy (non-hydrogen) atoms. The molecule has 1 rings (SSSR count). The van der Waals surface area contributed by atoms with Crippen molar-refractivity contribution in [2.45, 2.75) is 37.6 Å². The average molecular weight is 300 g/mol. The Kier molecular flexibility index (Phi) is 6.61. The molecule has 2 atom stereocenters. The third kappa shape index (κ3) is 5.20. The van der Waals surface area contributed by atoms with E-state index in [0.29, 0.717) is 5.92 Å². The van der Waals surface area contributed by atoms with Crippen molar-refractivity contribution >= 4 is 10.0 Å². The van der Waals surface area contributed by atoms with Crippen molar-refractivity contribution in [3.8, 4) is 0 Å². The maximum atomic E-state index is 11.3. The van der Waals surface area contributed by atoms with E-state index in [1.54, 1.807) is 12.1 Å². The third-order valence-corrected chi connectivity index (χ3v) is 4.43. The fourth-order valence-electron chi connectivity index (χ4n) is 2.06. The summed E-state index contributed by atoms with van der Waals surface area (Å²) in [5.41, 5.74) is 0.885. The summed E-state index contributed by atoms with van der Waals surface area (Å²) in [7, 11) is -3.66. The highest BCUT2D eigenvalue weighted by molar-refractivity contribution is 7.89.